The Bertz CT molecular complexity index is 862. The first kappa shape index (κ1) is 34.4. The third-order valence-corrected chi connectivity index (χ3v) is 5.10. The third-order valence-electron chi connectivity index (χ3n) is 5.10. The van der Waals surface area contributed by atoms with Crippen molar-refractivity contribution >= 4 is 17.9 Å². The van der Waals surface area contributed by atoms with Crippen LogP contribution in [-0.2, 0) is 33.6 Å². The molecule has 0 aliphatic carbocycles. The van der Waals surface area contributed by atoms with Gasteiger partial charge in [0.05, 0.1) is 0 Å². The Morgan fingerprint density at radius 1 is 0.432 bits per heavy atom. The maximum Gasteiger partial charge on any atom is 0.303 e. The molecule has 6 nitrogen and oxygen atoms in total. The summed E-state index contributed by atoms with van der Waals surface area (Å²) in [5.41, 5.74) is 3.62. The van der Waals surface area contributed by atoms with Crippen molar-refractivity contribution < 1.29 is 69.6 Å². The van der Waals surface area contributed by atoms with Crippen molar-refractivity contribution in [2.45, 2.75) is 57.8 Å². The van der Waals surface area contributed by atoms with E-state index >= 15 is 0 Å². The fraction of sp³-hybridized carbons (Fsp3) is 0.300. The average molecular weight is 650 g/mol. The number of hydrogen-bond acceptors (Lipinski definition) is 3. The first-order chi connectivity index (χ1) is 17.4. The maximum atomic E-state index is 10.2. The molecule has 200 valence electrons. The molecule has 0 spiro atoms. The van der Waals surface area contributed by atoms with Gasteiger partial charge in [-0.05, 0) is 55.2 Å². The second-order valence-electron chi connectivity index (χ2n) is 8.20. The van der Waals surface area contributed by atoms with Crippen LogP contribution in [0, 0.1) is 39.9 Å². The molecule has 0 aromatic heterocycles. The van der Waals surface area contributed by atoms with Crippen molar-refractivity contribution in [2.75, 3.05) is 0 Å². The van der Waals surface area contributed by atoms with Gasteiger partial charge >= 0.3 is 17.9 Å². The number of carboxylic acids is 3. The Balaban J connectivity index is 0.000000518. The molecule has 3 aromatic carbocycles. The molecule has 0 saturated heterocycles. The Morgan fingerprint density at radius 2 is 0.649 bits per heavy atom. The second kappa shape index (κ2) is 22.6. The third kappa shape index (κ3) is 21.2. The molecular formula is C30H36GdO6. The zero-order valence-corrected chi connectivity index (χ0v) is 23.2. The van der Waals surface area contributed by atoms with Crippen molar-refractivity contribution in [3.8, 4) is 0 Å². The molecule has 0 radical (unpaired) electrons. The van der Waals surface area contributed by atoms with Crippen LogP contribution in [0.25, 0.3) is 0 Å². The standard InChI is InChI=1S/3C10H12O2.Gd/c3*11-10(12)8-4-7-9-5-2-1-3-6-9;/h3*1-3,5-6H,4,7-8H2,(H,11,12);. The van der Waals surface area contributed by atoms with Crippen LogP contribution in [0.15, 0.2) is 91.0 Å². The zero-order chi connectivity index (χ0) is 26.4. The molecule has 0 unspecified atom stereocenters. The molecule has 0 aliphatic rings. The smallest absolute Gasteiger partial charge is 0.303 e. The van der Waals surface area contributed by atoms with Crippen LogP contribution in [0.2, 0.25) is 0 Å². The van der Waals surface area contributed by atoms with Gasteiger partial charge in [0.1, 0.15) is 0 Å². The Morgan fingerprint density at radius 3 is 0.838 bits per heavy atom. The molecule has 3 rings (SSSR count). The summed E-state index contributed by atoms with van der Waals surface area (Å²) >= 11 is 0. The van der Waals surface area contributed by atoms with Crippen molar-refractivity contribution in [1.29, 1.82) is 0 Å². The van der Waals surface area contributed by atoms with Crippen LogP contribution in [-0.4, -0.2) is 33.2 Å². The Hall–Kier alpha value is -2.61. The summed E-state index contributed by atoms with van der Waals surface area (Å²) in [6.07, 6.45) is 5.50. The first-order valence-corrected chi connectivity index (χ1v) is 12.1. The van der Waals surface area contributed by atoms with E-state index in [0.717, 1.165) is 38.5 Å². The summed E-state index contributed by atoms with van der Waals surface area (Å²) in [7, 11) is 0. The van der Waals surface area contributed by atoms with E-state index in [1.165, 1.54) is 16.7 Å². The summed E-state index contributed by atoms with van der Waals surface area (Å²) in [5.74, 6) is -2.15. The van der Waals surface area contributed by atoms with Crippen molar-refractivity contribution in [2.24, 2.45) is 0 Å². The van der Waals surface area contributed by atoms with Gasteiger partial charge in [-0.2, -0.15) is 0 Å². The minimum Gasteiger partial charge on any atom is -0.481 e. The predicted octanol–water partition coefficient (Wildman–Crippen LogP) is 6.28. The van der Waals surface area contributed by atoms with Gasteiger partial charge in [0, 0.05) is 59.2 Å². The summed E-state index contributed by atoms with van der Waals surface area (Å²) in [5, 5.41) is 25.2. The van der Waals surface area contributed by atoms with Crippen molar-refractivity contribution in [3.63, 3.8) is 0 Å². The minimum absolute atomic E-state index is 0. The number of hydrogen-bond donors (Lipinski definition) is 3. The molecule has 0 amide bonds. The molecule has 7 heteroatoms. The number of carbonyl (C=O) groups is 3. The van der Waals surface area contributed by atoms with E-state index in [-0.39, 0.29) is 59.2 Å². The van der Waals surface area contributed by atoms with E-state index in [1.54, 1.807) is 0 Å². The number of benzene rings is 3. The number of carboxylic acid groups (broad SMARTS) is 3. The maximum absolute atomic E-state index is 10.2. The first-order valence-electron chi connectivity index (χ1n) is 12.1. The van der Waals surface area contributed by atoms with E-state index in [4.69, 9.17) is 15.3 Å². The largest absolute Gasteiger partial charge is 0.481 e. The van der Waals surface area contributed by atoms with E-state index in [0.29, 0.717) is 0 Å². The quantitative estimate of drug-likeness (QED) is 0.213. The van der Waals surface area contributed by atoms with Crippen molar-refractivity contribution in [3.05, 3.63) is 108 Å². The molecule has 0 fully saturated rings. The van der Waals surface area contributed by atoms with Gasteiger partial charge in [-0.1, -0.05) is 91.0 Å². The molecule has 0 atom stereocenters. The fourth-order valence-electron chi connectivity index (χ4n) is 3.27. The van der Waals surface area contributed by atoms with Gasteiger partial charge in [-0.3, -0.25) is 14.4 Å². The van der Waals surface area contributed by atoms with Gasteiger partial charge in [0.15, 0.2) is 0 Å². The number of rotatable bonds is 12. The predicted molar refractivity (Wildman–Crippen MR) is 141 cm³/mol. The second-order valence-corrected chi connectivity index (χ2v) is 8.20. The summed E-state index contributed by atoms with van der Waals surface area (Å²) in [6, 6.07) is 29.8. The van der Waals surface area contributed by atoms with Gasteiger partial charge in [-0.15, -0.1) is 0 Å². The zero-order valence-electron chi connectivity index (χ0n) is 20.9. The van der Waals surface area contributed by atoms with Gasteiger partial charge < -0.3 is 15.3 Å². The Labute approximate surface area is 251 Å². The van der Waals surface area contributed by atoms with E-state index in [2.05, 4.69) is 0 Å². The van der Waals surface area contributed by atoms with E-state index < -0.39 is 17.9 Å². The molecule has 0 aliphatic heterocycles. The van der Waals surface area contributed by atoms with Gasteiger partial charge in [0.25, 0.3) is 0 Å². The normalized spacial score (nSPS) is 9.41. The monoisotopic (exact) mass is 650 g/mol. The SMILES string of the molecule is O=C(O)CCCc1ccccc1.O=C(O)CCCc1ccccc1.O=C(O)CCCc1ccccc1.[Gd]. The van der Waals surface area contributed by atoms with Gasteiger partial charge in [0.2, 0.25) is 0 Å². The molecule has 3 aromatic rings. The summed E-state index contributed by atoms with van der Waals surface area (Å²) in [4.78, 5) is 30.6. The van der Waals surface area contributed by atoms with Crippen molar-refractivity contribution in [1.82, 2.24) is 0 Å². The van der Waals surface area contributed by atoms with Crippen LogP contribution >= 0.6 is 0 Å². The summed E-state index contributed by atoms with van der Waals surface area (Å²) < 4.78 is 0. The topological polar surface area (TPSA) is 112 Å². The van der Waals surface area contributed by atoms with Crippen LogP contribution in [0.5, 0.6) is 0 Å². The molecule has 37 heavy (non-hydrogen) atoms. The van der Waals surface area contributed by atoms with E-state index in [1.807, 2.05) is 91.0 Å². The molecule has 0 bridgehead atoms. The minimum atomic E-state index is -0.717. The van der Waals surface area contributed by atoms with E-state index in [9.17, 15) is 14.4 Å². The average Bonchev–Trinajstić information content (AvgIpc) is 2.86. The van der Waals surface area contributed by atoms with Crippen LogP contribution in [0.3, 0.4) is 0 Å². The van der Waals surface area contributed by atoms with Crippen LogP contribution in [0.4, 0.5) is 0 Å². The molecular weight excluding hydrogens is 614 g/mol. The fourth-order valence-corrected chi connectivity index (χ4v) is 3.27. The van der Waals surface area contributed by atoms with Crippen LogP contribution < -0.4 is 0 Å². The van der Waals surface area contributed by atoms with Crippen LogP contribution in [0.1, 0.15) is 55.2 Å². The molecule has 0 heterocycles. The summed E-state index contributed by atoms with van der Waals surface area (Å²) in [6.45, 7) is 0. The molecule has 3 N–H and O–H groups in total. The number of aliphatic carboxylic acids is 3. The number of aryl methyl sites for hydroxylation is 3. The van der Waals surface area contributed by atoms with Gasteiger partial charge in [-0.25, -0.2) is 0 Å². The molecule has 0 saturated carbocycles. The Kier molecular flexibility index (Phi) is 21.0.